The van der Waals surface area contributed by atoms with Crippen molar-refractivity contribution < 1.29 is 14.1 Å². The Balaban J connectivity index is 1.53. The first-order chi connectivity index (χ1) is 13.5. The number of hydrogen-bond acceptors (Lipinski definition) is 7. The fraction of sp³-hybridized carbons (Fsp3) is 0.579. The van der Waals surface area contributed by atoms with Crippen molar-refractivity contribution in [2.24, 2.45) is 5.92 Å². The highest BCUT2D eigenvalue weighted by molar-refractivity contribution is 7.09. The molecule has 2 amide bonds. The fourth-order valence-electron chi connectivity index (χ4n) is 3.39. The zero-order chi connectivity index (χ0) is 19.9. The van der Waals surface area contributed by atoms with E-state index in [0.29, 0.717) is 37.5 Å². The van der Waals surface area contributed by atoms with Crippen LogP contribution in [0.25, 0.3) is 0 Å². The SMILES string of the molecule is Cc1cc(CNC(=O)C2CCCC(NCc3nccs3)CN(C)C(=O)C2)no1. The maximum atomic E-state index is 12.6. The number of aromatic nitrogens is 2. The van der Waals surface area contributed by atoms with Crippen LogP contribution >= 0.6 is 11.3 Å². The Hall–Kier alpha value is -2.26. The fourth-order valence-corrected chi connectivity index (χ4v) is 3.96. The summed E-state index contributed by atoms with van der Waals surface area (Å²) >= 11 is 1.62. The Morgan fingerprint density at radius 2 is 2.25 bits per heavy atom. The van der Waals surface area contributed by atoms with Crippen LogP contribution < -0.4 is 10.6 Å². The van der Waals surface area contributed by atoms with Crippen LogP contribution in [0.15, 0.2) is 22.2 Å². The first-order valence-electron chi connectivity index (χ1n) is 9.57. The molecule has 2 aromatic heterocycles. The Morgan fingerprint density at radius 3 is 2.96 bits per heavy atom. The second-order valence-corrected chi connectivity index (χ2v) is 8.24. The van der Waals surface area contributed by atoms with Crippen LogP contribution in [0.1, 0.15) is 42.1 Å². The maximum absolute atomic E-state index is 12.6. The van der Waals surface area contributed by atoms with E-state index in [4.69, 9.17) is 4.52 Å². The summed E-state index contributed by atoms with van der Waals surface area (Å²) in [6.45, 7) is 3.46. The molecule has 1 saturated heterocycles. The largest absolute Gasteiger partial charge is 0.361 e. The third-order valence-corrected chi connectivity index (χ3v) is 5.74. The Bertz CT molecular complexity index is 776. The van der Waals surface area contributed by atoms with Gasteiger partial charge < -0.3 is 20.1 Å². The monoisotopic (exact) mass is 405 g/mol. The highest BCUT2D eigenvalue weighted by atomic mass is 32.1. The third kappa shape index (κ3) is 5.87. The molecule has 0 spiro atoms. The van der Waals surface area contributed by atoms with Crippen LogP contribution in [-0.2, 0) is 22.7 Å². The molecule has 3 heterocycles. The Labute approximate surface area is 168 Å². The third-order valence-electron chi connectivity index (χ3n) is 4.96. The molecule has 0 radical (unpaired) electrons. The lowest BCUT2D eigenvalue weighted by Crippen LogP contribution is -2.41. The van der Waals surface area contributed by atoms with E-state index in [1.165, 1.54) is 0 Å². The van der Waals surface area contributed by atoms with Crippen LogP contribution in [0.2, 0.25) is 0 Å². The maximum Gasteiger partial charge on any atom is 0.223 e. The minimum atomic E-state index is -0.319. The van der Waals surface area contributed by atoms with Crippen molar-refractivity contribution in [1.82, 2.24) is 25.7 Å². The quantitative estimate of drug-likeness (QED) is 0.761. The summed E-state index contributed by atoms with van der Waals surface area (Å²) < 4.78 is 5.02. The van der Waals surface area contributed by atoms with Crippen molar-refractivity contribution >= 4 is 23.2 Å². The Kier molecular flexibility index (Phi) is 7.16. The summed E-state index contributed by atoms with van der Waals surface area (Å²) in [6.07, 6.45) is 4.52. The van der Waals surface area contributed by atoms with Crippen LogP contribution in [0.5, 0.6) is 0 Å². The molecule has 0 aromatic carbocycles. The van der Waals surface area contributed by atoms with Gasteiger partial charge in [0.1, 0.15) is 16.5 Å². The lowest BCUT2D eigenvalue weighted by Gasteiger charge is -2.24. The molecule has 28 heavy (non-hydrogen) atoms. The van der Waals surface area contributed by atoms with Crippen molar-refractivity contribution in [1.29, 1.82) is 0 Å². The molecule has 0 aliphatic carbocycles. The lowest BCUT2D eigenvalue weighted by molar-refractivity contribution is -0.135. The van der Waals surface area contributed by atoms with Crippen molar-refractivity contribution in [2.75, 3.05) is 13.6 Å². The molecule has 152 valence electrons. The summed E-state index contributed by atoms with van der Waals surface area (Å²) in [4.78, 5) is 31.2. The predicted molar refractivity (Wildman–Crippen MR) is 105 cm³/mol. The molecular formula is C19H27N5O3S. The summed E-state index contributed by atoms with van der Waals surface area (Å²) in [5.74, 6) is 0.289. The van der Waals surface area contributed by atoms with Crippen molar-refractivity contribution in [2.45, 2.75) is 51.7 Å². The number of rotatable bonds is 6. The van der Waals surface area contributed by atoms with E-state index in [9.17, 15) is 9.59 Å². The minimum Gasteiger partial charge on any atom is -0.361 e. The van der Waals surface area contributed by atoms with E-state index in [-0.39, 0.29) is 30.2 Å². The first-order valence-corrected chi connectivity index (χ1v) is 10.4. The summed E-state index contributed by atoms with van der Waals surface area (Å²) in [5.41, 5.74) is 0.684. The number of hydrogen-bond donors (Lipinski definition) is 2. The molecule has 3 rings (SSSR count). The van der Waals surface area contributed by atoms with Gasteiger partial charge in [0.2, 0.25) is 11.8 Å². The average Bonchev–Trinajstić information content (AvgIpc) is 3.34. The van der Waals surface area contributed by atoms with Gasteiger partial charge in [0.15, 0.2) is 0 Å². The van der Waals surface area contributed by atoms with Crippen LogP contribution in [0, 0.1) is 12.8 Å². The summed E-state index contributed by atoms with van der Waals surface area (Å²) in [5, 5.41) is 13.3. The van der Waals surface area contributed by atoms with E-state index in [0.717, 1.165) is 17.8 Å². The zero-order valence-corrected chi connectivity index (χ0v) is 17.1. The van der Waals surface area contributed by atoms with Gasteiger partial charge in [-0.1, -0.05) is 11.6 Å². The lowest BCUT2D eigenvalue weighted by atomic mass is 9.96. The van der Waals surface area contributed by atoms with E-state index >= 15 is 0 Å². The number of amides is 2. The van der Waals surface area contributed by atoms with Gasteiger partial charge in [0, 0.05) is 56.2 Å². The molecule has 2 atom stereocenters. The number of likely N-dealkylation sites (N-methyl/N-ethyl adjacent to an activating group) is 1. The highest BCUT2D eigenvalue weighted by Gasteiger charge is 2.27. The zero-order valence-electron chi connectivity index (χ0n) is 16.3. The standard InChI is InChI=1S/C19H27N5O3S/c1-13-8-16(23-27-13)10-22-19(26)14-4-3-5-15(12-24(2)18(25)9-14)21-11-17-20-6-7-28-17/h6-8,14-15,21H,3-5,9-12H2,1-2H3,(H,22,26). The molecule has 2 aromatic rings. The van der Waals surface area contributed by atoms with E-state index in [2.05, 4.69) is 20.8 Å². The number of carbonyl (C=O) groups is 2. The van der Waals surface area contributed by atoms with E-state index in [1.54, 1.807) is 35.5 Å². The van der Waals surface area contributed by atoms with Crippen molar-refractivity contribution in [3.63, 3.8) is 0 Å². The van der Waals surface area contributed by atoms with Gasteiger partial charge in [-0.3, -0.25) is 9.59 Å². The molecule has 1 aliphatic heterocycles. The van der Waals surface area contributed by atoms with Crippen LogP contribution in [-0.4, -0.2) is 46.5 Å². The van der Waals surface area contributed by atoms with Crippen molar-refractivity contribution in [3.8, 4) is 0 Å². The molecule has 2 N–H and O–H groups in total. The number of nitrogens with zero attached hydrogens (tertiary/aromatic N) is 3. The van der Waals surface area contributed by atoms with Gasteiger partial charge in [0.25, 0.3) is 0 Å². The normalized spacial score (nSPS) is 21.1. The molecule has 8 nitrogen and oxygen atoms in total. The second kappa shape index (κ2) is 9.79. The average molecular weight is 406 g/mol. The number of nitrogens with one attached hydrogen (secondary N) is 2. The topological polar surface area (TPSA) is 100 Å². The molecular weight excluding hydrogens is 378 g/mol. The summed E-state index contributed by atoms with van der Waals surface area (Å²) in [6, 6.07) is 1.99. The minimum absolute atomic E-state index is 0.000351. The highest BCUT2D eigenvalue weighted by Crippen LogP contribution is 2.19. The smallest absolute Gasteiger partial charge is 0.223 e. The molecule has 2 unspecified atom stereocenters. The number of aryl methyl sites for hydroxylation is 1. The van der Waals surface area contributed by atoms with Gasteiger partial charge >= 0.3 is 0 Å². The van der Waals surface area contributed by atoms with Gasteiger partial charge in [-0.25, -0.2) is 4.98 Å². The predicted octanol–water partition coefficient (Wildman–Crippen LogP) is 1.86. The van der Waals surface area contributed by atoms with E-state index < -0.39 is 0 Å². The van der Waals surface area contributed by atoms with Gasteiger partial charge in [-0.15, -0.1) is 11.3 Å². The van der Waals surface area contributed by atoms with Gasteiger partial charge in [0.05, 0.1) is 6.54 Å². The molecule has 0 saturated carbocycles. The van der Waals surface area contributed by atoms with Crippen LogP contribution in [0.3, 0.4) is 0 Å². The van der Waals surface area contributed by atoms with E-state index in [1.807, 2.05) is 12.3 Å². The number of carbonyl (C=O) groups excluding carboxylic acids is 2. The number of thiazole rings is 1. The molecule has 0 bridgehead atoms. The van der Waals surface area contributed by atoms with Gasteiger partial charge in [-0.2, -0.15) is 0 Å². The molecule has 1 fully saturated rings. The van der Waals surface area contributed by atoms with Gasteiger partial charge in [-0.05, 0) is 19.8 Å². The first kappa shape index (κ1) is 20.5. The Morgan fingerprint density at radius 1 is 1.39 bits per heavy atom. The molecule has 1 aliphatic rings. The summed E-state index contributed by atoms with van der Waals surface area (Å²) in [7, 11) is 1.80. The van der Waals surface area contributed by atoms with Crippen molar-refractivity contribution in [3.05, 3.63) is 34.1 Å². The molecule has 9 heteroatoms. The second-order valence-electron chi connectivity index (χ2n) is 7.26. The van der Waals surface area contributed by atoms with Crippen LogP contribution in [0.4, 0.5) is 0 Å².